The third-order valence-electron chi connectivity index (χ3n) is 2.26. The van der Waals surface area contributed by atoms with E-state index in [4.69, 9.17) is 9.47 Å². The molecule has 1 N–H and O–H groups in total. The van der Waals surface area contributed by atoms with E-state index in [0.29, 0.717) is 13.2 Å². The van der Waals surface area contributed by atoms with E-state index in [2.05, 4.69) is 0 Å². The van der Waals surface area contributed by atoms with Crippen LogP contribution in [0.5, 0.6) is 5.75 Å². The number of aliphatic hydroxyl groups excluding tert-OH is 1. The Morgan fingerprint density at radius 1 is 1.18 bits per heavy atom. The van der Waals surface area contributed by atoms with Crippen LogP contribution in [-0.2, 0) is 4.74 Å². The number of rotatable bonds is 7. The minimum atomic E-state index is -0.561. The largest absolute Gasteiger partial charge is 0.491 e. The molecule has 0 saturated carbocycles. The highest BCUT2D eigenvalue weighted by molar-refractivity contribution is 5.28. The quantitative estimate of drug-likeness (QED) is 0.742. The third kappa shape index (κ3) is 5.20. The lowest BCUT2D eigenvalue weighted by atomic mass is 10.1. The summed E-state index contributed by atoms with van der Waals surface area (Å²) in [7, 11) is 0. The van der Waals surface area contributed by atoms with E-state index in [1.165, 1.54) is 0 Å². The molecule has 1 rings (SSSR count). The van der Waals surface area contributed by atoms with Crippen LogP contribution >= 0.6 is 0 Å². The molecule has 0 saturated heterocycles. The number of hydrogen-bond acceptors (Lipinski definition) is 3. The number of aliphatic hydroxyl groups is 1. The normalized spacial score (nSPS) is 12.8. The second-order valence-corrected chi connectivity index (χ2v) is 4.33. The summed E-state index contributed by atoms with van der Waals surface area (Å²) in [5, 5.41) is 9.85. The lowest BCUT2D eigenvalue weighted by Crippen LogP contribution is -2.08. The number of benzene rings is 1. The minimum Gasteiger partial charge on any atom is -0.491 e. The molecule has 0 spiro atoms. The summed E-state index contributed by atoms with van der Waals surface area (Å²) in [6.45, 7) is 7.05. The fourth-order valence-corrected chi connectivity index (χ4v) is 1.48. The van der Waals surface area contributed by atoms with Crippen molar-refractivity contribution in [1.29, 1.82) is 0 Å². The Kier molecular flexibility index (Phi) is 6.01. The van der Waals surface area contributed by atoms with Crippen molar-refractivity contribution >= 4 is 0 Å². The van der Waals surface area contributed by atoms with Crippen LogP contribution in [0.4, 0.5) is 0 Å². The molecule has 0 aliphatic carbocycles. The van der Waals surface area contributed by atoms with Crippen molar-refractivity contribution in [2.24, 2.45) is 0 Å². The highest BCUT2D eigenvalue weighted by atomic mass is 16.5. The predicted octanol–water partition coefficient (Wildman–Crippen LogP) is 2.93. The molecule has 0 radical (unpaired) electrons. The summed E-state index contributed by atoms with van der Waals surface area (Å²) >= 11 is 0. The molecule has 3 nitrogen and oxygen atoms in total. The molecular weight excluding hydrogens is 216 g/mol. The van der Waals surface area contributed by atoms with E-state index in [-0.39, 0.29) is 6.10 Å². The molecule has 1 aromatic rings. The van der Waals surface area contributed by atoms with Gasteiger partial charge in [0.25, 0.3) is 0 Å². The first-order chi connectivity index (χ1) is 8.13. The molecule has 0 aliphatic heterocycles. The van der Waals surface area contributed by atoms with Crippen molar-refractivity contribution in [1.82, 2.24) is 0 Å². The van der Waals surface area contributed by atoms with Crippen LogP contribution in [0.15, 0.2) is 24.3 Å². The summed E-state index contributed by atoms with van der Waals surface area (Å²) < 4.78 is 10.8. The number of hydrogen-bond donors (Lipinski definition) is 1. The zero-order valence-corrected chi connectivity index (χ0v) is 10.8. The van der Waals surface area contributed by atoms with Crippen LogP contribution in [-0.4, -0.2) is 24.4 Å². The summed E-state index contributed by atoms with van der Waals surface area (Å²) in [6.07, 6.45) is 0.571. The maximum Gasteiger partial charge on any atom is 0.119 e. The van der Waals surface area contributed by atoms with Gasteiger partial charge in [0.15, 0.2) is 0 Å². The van der Waals surface area contributed by atoms with E-state index in [1.807, 2.05) is 45.0 Å². The van der Waals surface area contributed by atoms with E-state index < -0.39 is 6.10 Å². The minimum absolute atomic E-state index is 0.165. The van der Waals surface area contributed by atoms with E-state index in [9.17, 15) is 5.11 Å². The van der Waals surface area contributed by atoms with Crippen LogP contribution in [0.25, 0.3) is 0 Å². The molecule has 1 unspecified atom stereocenters. The van der Waals surface area contributed by atoms with Gasteiger partial charge in [0, 0.05) is 6.61 Å². The molecule has 1 aromatic carbocycles. The van der Waals surface area contributed by atoms with Crippen molar-refractivity contribution in [3.63, 3.8) is 0 Å². The van der Waals surface area contributed by atoms with E-state index in [0.717, 1.165) is 17.7 Å². The summed E-state index contributed by atoms with van der Waals surface area (Å²) in [4.78, 5) is 0. The molecular formula is C14H22O3. The molecule has 0 bridgehead atoms. The van der Waals surface area contributed by atoms with Gasteiger partial charge < -0.3 is 14.6 Å². The Labute approximate surface area is 103 Å². The van der Waals surface area contributed by atoms with Gasteiger partial charge in [-0.15, -0.1) is 0 Å². The fourth-order valence-electron chi connectivity index (χ4n) is 1.48. The first-order valence-electron chi connectivity index (χ1n) is 6.16. The van der Waals surface area contributed by atoms with Gasteiger partial charge in [-0.25, -0.2) is 0 Å². The Bertz CT molecular complexity index is 306. The summed E-state index contributed by atoms with van der Waals surface area (Å²) in [5.41, 5.74) is 0.859. The van der Waals surface area contributed by atoms with Crippen molar-refractivity contribution in [3.05, 3.63) is 29.8 Å². The smallest absolute Gasteiger partial charge is 0.119 e. The van der Waals surface area contributed by atoms with Gasteiger partial charge in [-0.2, -0.15) is 0 Å². The van der Waals surface area contributed by atoms with Crippen molar-refractivity contribution in [2.75, 3.05) is 13.2 Å². The van der Waals surface area contributed by atoms with Gasteiger partial charge in [-0.3, -0.25) is 0 Å². The van der Waals surface area contributed by atoms with Crippen LogP contribution in [0.1, 0.15) is 38.9 Å². The van der Waals surface area contributed by atoms with Crippen LogP contribution in [0, 0.1) is 0 Å². The van der Waals surface area contributed by atoms with Gasteiger partial charge in [0.1, 0.15) is 11.9 Å². The predicted molar refractivity (Wildman–Crippen MR) is 68.3 cm³/mol. The standard InChI is InChI=1S/C14H22O3/c1-4-9-16-10-14(15)12-5-7-13(8-6-12)17-11(2)3/h5-8,11,14-15H,4,9-10H2,1-3H3. The zero-order chi connectivity index (χ0) is 12.7. The van der Waals surface area contributed by atoms with E-state index in [1.54, 1.807) is 0 Å². The number of ether oxygens (including phenoxy) is 2. The first-order valence-corrected chi connectivity index (χ1v) is 6.16. The van der Waals surface area contributed by atoms with Crippen LogP contribution in [0.2, 0.25) is 0 Å². The fraction of sp³-hybridized carbons (Fsp3) is 0.571. The third-order valence-corrected chi connectivity index (χ3v) is 2.26. The van der Waals surface area contributed by atoms with Crippen LogP contribution in [0.3, 0.4) is 0 Å². The second-order valence-electron chi connectivity index (χ2n) is 4.33. The second kappa shape index (κ2) is 7.30. The van der Waals surface area contributed by atoms with Crippen molar-refractivity contribution < 1.29 is 14.6 Å². The maximum absolute atomic E-state index is 9.85. The topological polar surface area (TPSA) is 38.7 Å². The summed E-state index contributed by atoms with van der Waals surface area (Å²) in [5.74, 6) is 0.824. The highest BCUT2D eigenvalue weighted by Crippen LogP contribution is 2.18. The lowest BCUT2D eigenvalue weighted by Gasteiger charge is -2.13. The Hall–Kier alpha value is -1.06. The van der Waals surface area contributed by atoms with Gasteiger partial charge >= 0.3 is 0 Å². The van der Waals surface area contributed by atoms with Gasteiger partial charge in [0.2, 0.25) is 0 Å². The summed E-state index contributed by atoms with van der Waals surface area (Å²) in [6, 6.07) is 7.49. The average Bonchev–Trinajstić information content (AvgIpc) is 2.29. The monoisotopic (exact) mass is 238 g/mol. The highest BCUT2D eigenvalue weighted by Gasteiger charge is 2.07. The van der Waals surface area contributed by atoms with Gasteiger partial charge in [0.05, 0.1) is 12.7 Å². The Balaban J connectivity index is 2.48. The Morgan fingerprint density at radius 2 is 1.82 bits per heavy atom. The molecule has 17 heavy (non-hydrogen) atoms. The van der Waals surface area contributed by atoms with E-state index >= 15 is 0 Å². The molecule has 96 valence electrons. The molecule has 0 aromatic heterocycles. The SMILES string of the molecule is CCCOCC(O)c1ccc(OC(C)C)cc1. The Morgan fingerprint density at radius 3 is 2.35 bits per heavy atom. The maximum atomic E-state index is 9.85. The lowest BCUT2D eigenvalue weighted by molar-refractivity contribution is 0.0363. The van der Waals surface area contributed by atoms with Crippen LogP contribution < -0.4 is 4.74 Å². The molecule has 1 atom stereocenters. The molecule has 0 fully saturated rings. The molecule has 0 heterocycles. The molecule has 0 amide bonds. The molecule has 0 aliphatic rings. The van der Waals surface area contributed by atoms with Crippen molar-refractivity contribution in [2.45, 2.75) is 39.4 Å². The average molecular weight is 238 g/mol. The van der Waals surface area contributed by atoms with Crippen molar-refractivity contribution in [3.8, 4) is 5.75 Å². The first kappa shape index (κ1) is 14.0. The zero-order valence-electron chi connectivity index (χ0n) is 10.8. The van der Waals surface area contributed by atoms with Gasteiger partial charge in [-0.05, 0) is 38.0 Å². The van der Waals surface area contributed by atoms with Gasteiger partial charge in [-0.1, -0.05) is 19.1 Å². The molecule has 3 heteroatoms.